The summed E-state index contributed by atoms with van der Waals surface area (Å²) in [6.45, 7) is 2.97. The number of benzene rings is 1. The summed E-state index contributed by atoms with van der Waals surface area (Å²) in [7, 11) is 3.19. The second-order valence-corrected chi connectivity index (χ2v) is 8.90. The molecule has 1 aromatic carbocycles. The SMILES string of the molecule is CN(CC[C@H]1CN(CC#Cc2ccc3c(c2)n(C)c(=O)n3C2CCC(=O)NC2=O)CCO1)C(=O)O. The number of carbonyl (C=O) groups is 3. The molecule has 0 spiro atoms. The number of nitrogens with zero attached hydrogens (tertiary/aromatic N) is 4. The Bertz CT molecular complexity index is 1270. The van der Waals surface area contributed by atoms with E-state index in [1.165, 1.54) is 14.0 Å². The number of piperidine rings is 1. The maximum atomic E-state index is 12.9. The summed E-state index contributed by atoms with van der Waals surface area (Å²) in [6.07, 6.45) is 0.122. The molecule has 35 heavy (non-hydrogen) atoms. The number of hydrogen-bond acceptors (Lipinski definition) is 6. The number of carbonyl (C=O) groups excluding carboxylic acids is 2. The number of carboxylic acid groups (broad SMARTS) is 1. The van der Waals surface area contributed by atoms with E-state index in [2.05, 4.69) is 22.1 Å². The fraction of sp³-hybridized carbons (Fsp3) is 0.500. The lowest BCUT2D eigenvalue weighted by Crippen LogP contribution is -2.44. The molecule has 2 fully saturated rings. The largest absolute Gasteiger partial charge is 0.465 e. The van der Waals surface area contributed by atoms with Gasteiger partial charge in [-0.1, -0.05) is 11.8 Å². The summed E-state index contributed by atoms with van der Waals surface area (Å²) in [6, 6.07) is 4.72. The number of imide groups is 1. The molecule has 3 amide bonds. The summed E-state index contributed by atoms with van der Waals surface area (Å²) >= 11 is 0. The zero-order valence-corrected chi connectivity index (χ0v) is 19.8. The minimum absolute atomic E-state index is 0.0368. The molecule has 3 heterocycles. The van der Waals surface area contributed by atoms with Crippen LogP contribution in [0.25, 0.3) is 11.0 Å². The molecular formula is C24H29N5O6. The van der Waals surface area contributed by atoms with Crippen molar-refractivity contribution in [3.05, 3.63) is 34.2 Å². The number of rotatable bonds is 5. The maximum absolute atomic E-state index is 12.9. The van der Waals surface area contributed by atoms with E-state index >= 15 is 0 Å². The van der Waals surface area contributed by atoms with E-state index < -0.39 is 18.0 Å². The van der Waals surface area contributed by atoms with Gasteiger partial charge in [0.05, 0.1) is 30.3 Å². The van der Waals surface area contributed by atoms with Crippen LogP contribution in [-0.2, 0) is 21.4 Å². The van der Waals surface area contributed by atoms with E-state index in [4.69, 9.17) is 9.84 Å². The predicted molar refractivity (Wildman–Crippen MR) is 127 cm³/mol. The molecule has 2 aliphatic rings. The monoisotopic (exact) mass is 483 g/mol. The highest BCUT2D eigenvalue weighted by Gasteiger charge is 2.31. The molecular weight excluding hydrogens is 454 g/mol. The van der Waals surface area contributed by atoms with E-state index in [9.17, 15) is 19.2 Å². The summed E-state index contributed by atoms with van der Waals surface area (Å²) in [5.41, 5.74) is 1.73. The number of aromatic nitrogens is 2. The van der Waals surface area contributed by atoms with E-state index in [1.807, 2.05) is 12.1 Å². The van der Waals surface area contributed by atoms with Gasteiger partial charge in [-0.25, -0.2) is 9.59 Å². The Balaban J connectivity index is 1.44. The van der Waals surface area contributed by atoms with Gasteiger partial charge in [0, 0.05) is 45.7 Å². The molecule has 0 radical (unpaired) electrons. The normalized spacial score (nSPS) is 20.9. The number of hydrogen-bond donors (Lipinski definition) is 2. The number of aryl methyl sites for hydroxylation is 1. The lowest BCUT2D eigenvalue weighted by molar-refractivity contribution is -0.135. The lowest BCUT2D eigenvalue weighted by atomic mass is 10.1. The number of amides is 3. The fourth-order valence-corrected chi connectivity index (χ4v) is 4.46. The van der Waals surface area contributed by atoms with Crippen LogP contribution in [-0.4, -0.2) is 87.9 Å². The first-order valence-electron chi connectivity index (χ1n) is 11.6. The molecule has 0 bridgehead atoms. The molecule has 4 rings (SSSR count). The highest BCUT2D eigenvalue weighted by atomic mass is 16.5. The highest BCUT2D eigenvalue weighted by Crippen LogP contribution is 2.23. The highest BCUT2D eigenvalue weighted by molar-refractivity contribution is 6.00. The Morgan fingerprint density at radius 1 is 1.29 bits per heavy atom. The maximum Gasteiger partial charge on any atom is 0.407 e. The number of morpholine rings is 1. The number of imidazole rings is 1. The molecule has 11 heteroatoms. The molecule has 11 nitrogen and oxygen atoms in total. The smallest absolute Gasteiger partial charge is 0.407 e. The second-order valence-electron chi connectivity index (χ2n) is 8.90. The van der Waals surface area contributed by atoms with Crippen LogP contribution in [0.15, 0.2) is 23.0 Å². The Morgan fingerprint density at radius 2 is 2.09 bits per heavy atom. The van der Waals surface area contributed by atoms with Crippen LogP contribution >= 0.6 is 0 Å². The average molecular weight is 484 g/mol. The minimum Gasteiger partial charge on any atom is -0.465 e. The lowest BCUT2D eigenvalue weighted by Gasteiger charge is -2.32. The number of fused-ring (bicyclic) bond motifs is 1. The van der Waals surface area contributed by atoms with E-state index in [1.54, 1.807) is 20.2 Å². The molecule has 2 aromatic rings. The van der Waals surface area contributed by atoms with Crippen LogP contribution in [0.2, 0.25) is 0 Å². The van der Waals surface area contributed by atoms with Crippen LogP contribution in [0.4, 0.5) is 4.79 Å². The van der Waals surface area contributed by atoms with Crippen molar-refractivity contribution >= 4 is 28.9 Å². The standard InChI is InChI=1S/C24H29N5O6/c1-26(24(33)34)11-9-17-15-28(12-13-35-17)10-3-4-16-5-6-18-20(14-16)27(2)23(32)29(18)19-7-8-21(30)25-22(19)31/h5-6,14,17,19H,7-13,15H2,1-2H3,(H,33,34)(H,25,30,31)/t17-,19?/m0/s1. The summed E-state index contributed by atoms with van der Waals surface area (Å²) < 4.78 is 8.69. The Labute approximate surface area is 202 Å². The van der Waals surface area contributed by atoms with Crippen LogP contribution in [0.5, 0.6) is 0 Å². The van der Waals surface area contributed by atoms with E-state index in [0.29, 0.717) is 50.1 Å². The first-order valence-corrected chi connectivity index (χ1v) is 11.6. The van der Waals surface area contributed by atoms with Crippen molar-refractivity contribution in [1.82, 2.24) is 24.3 Å². The van der Waals surface area contributed by atoms with Gasteiger partial charge in [0.2, 0.25) is 11.8 Å². The molecule has 1 unspecified atom stereocenters. The minimum atomic E-state index is -0.953. The molecule has 0 saturated carbocycles. The van der Waals surface area contributed by atoms with Crippen molar-refractivity contribution < 1.29 is 24.2 Å². The Kier molecular flexibility index (Phi) is 7.23. The summed E-state index contributed by atoms with van der Waals surface area (Å²) in [5.74, 6) is 5.54. The molecule has 2 N–H and O–H groups in total. The topological polar surface area (TPSA) is 126 Å². The van der Waals surface area contributed by atoms with Crippen molar-refractivity contribution in [3.63, 3.8) is 0 Å². The van der Waals surface area contributed by atoms with Crippen molar-refractivity contribution in [2.24, 2.45) is 7.05 Å². The number of ether oxygens (including phenoxy) is 1. The molecule has 1 aromatic heterocycles. The van der Waals surface area contributed by atoms with Gasteiger partial charge in [-0.05, 0) is 31.0 Å². The summed E-state index contributed by atoms with van der Waals surface area (Å²) in [4.78, 5) is 51.1. The van der Waals surface area contributed by atoms with E-state index in [0.717, 1.165) is 12.1 Å². The van der Waals surface area contributed by atoms with Crippen LogP contribution < -0.4 is 11.0 Å². The van der Waals surface area contributed by atoms with Gasteiger partial charge in [0.1, 0.15) is 6.04 Å². The van der Waals surface area contributed by atoms with Gasteiger partial charge < -0.3 is 14.7 Å². The quantitative estimate of drug-likeness (QED) is 0.465. The van der Waals surface area contributed by atoms with Crippen molar-refractivity contribution in [1.29, 1.82) is 0 Å². The van der Waals surface area contributed by atoms with Gasteiger partial charge in [-0.15, -0.1) is 0 Å². The molecule has 0 aliphatic carbocycles. The zero-order chi connectivity index (χ0) is 25.1. The first-order chi connectivity index (χ1) is 16.7. The molecule has 2 saturated heterocycles. The van der Waals surface area contributed by atoms with Crippen molar-refractivity contribution in [2.45, 2.75) is 31.4 Å². The van der Waals surface area contributed by atoms with Crippen LogP contribution in [0.1, 0.15) is 30.9 Å². The molecule has 186 valence electrons. The van der Waals surface area contributed by atoms with Crippen LogP contribution in [0.3, 0.4) is 0 Å². The van der Waals surface area contributed by atoms with Crippen molar-refractivity contribution in [2.75, 3.05) is 39.8 Å². The zero-order valence-electron chi connectivity index (χ0n) is 19.8. The van der Waals surface area contributed by atoms with Gasteiger partial charge in [-0.3, -0.25) is 28.9 Å². The first kappa shape index (κ1) is 24.5. The predicted octanol–water partition coefficient (Wildman–Crippen LogP) is 0.370. The molecule has 2 aliphatic heterocycles. The van der Waals surface area contributed by atoms with Crippen LogP contribution in [0, 0.1) is 11.8 Å². The second kappa shape index (κ2) is 10.3. The van der Waals surface area contributed by atoms with Gasteiger partial charge in [0.25, 0.3) is 0 Å². The molecule has 2 atom stereocenters. The van der Waals surface area contributed by atoms with Gasteiger partial charge in [0.15, 0.2) is 0 Å². The summed E-state index contributed by atoms with van der Waals surface area (Å²) in [5, 5.41) is 11.3. The Morgan fingerprint density at radius 3 is 2.83 bits per heavy atom. The fourth-order valence-electron chi connectivity index (χ4n) is 4.46. The third-order valence-corrected chi connectivity index (χ3v) is 6.48. The number of nitrogens with one attached hydrogen (secondary N) is 1. The van der Waals surface area contributed by atoms with E-state index in [-0.39, 0.29) is 24.1 Å². The third-order valence-electron chi connectivity index (χ3n) is 6.48. The average Bonchev–Trinajstić information content (AvgIpc) is 3.07. The van der Waals surface area contributed by atoms with Gasteiger partial charge >= 0.3 is 11.8 Å². The Hall–Kier alpha value is -3.62. The van der Waals surface area contributed by atoms with Crippen molar-refractivity contribution in [3.8, 4) is 11.8 Å². The third kappa shape index (κ3) is 5.39. The van der Waals surface area contributed by atoms with Gasteiger partial charge in [-0.2, -0.15) is 0 Å².